The van der Waals surface area contributed by atoms with Crippen LogP contribution in [0.5, 0.6) is 0 Å². The summed E-state index contributed by atoms with van der Waals surface area (Å²) in [5, 5.41) is 7.34. The van der Waals surface area contributed by atoms with Crippen LogP contribution < -0.4 is 0 Å². The number of benzene rings is 9. The average molecular weight is 822 g/mol. The maximum atomic E-state index is 5.13. The van der Waals surface area contributed by atoms with Gasteiger partial charge in [0.05, 0.1) is 32.5 Å². The van der Waals surface area contributed by atoms with Crippen LogP contribution in [0.2, 0.25) is 0 Å². The smallest absolute Gasteiger partial charge is 0.165 e. The molecule has 0 N–H and O–H groups in total. The fourth-order valence-electron chi connectivity index (χ4n) is 9.51. The molecule has 0 saturated heterocycles. The lowest BCUT2D eigenvalue weighted by Gasteiger charge is -2.10. The van der Waals surface area contributed by atoms with Gasteiger partial charge >= 0.3 is 0 Å². The molecule has 63 heavy (non-hydrogen) atoms. The van der Waals surface area contributed by atoms with Gasteiger partial charge in [-0.2, -0.15) is 0 Å². The summed E-state index contributed by atoms with van der Waals surface area (Å²) in [7, 11) is 0. The Balaban J connectivity index is 0.979. The molecule has 5 nitrogen and oxygen atoms in total. The van der Waals surface area contributed by atoms with E-state index in [4.69, 9.17) is 15.0 Å². The topological polar surface area (TPSA) is 48.5 Å². The van der Waals surface area contributed by atoms with Crippen molar-refractivity contribution in [2.24, 2.45) is 0 Å². The Morgan fingerprint density at radius 3 is 1.38 bits per heavy atom. The number of aromatic nitrogens is 5. The van der Waals surface area contributed by atoms with Gasteiger partial charge in [0.1, 0.15) is 0 Å². The van der Waals surface area contributed by atoms with Crippen LogP contribution in [-0.2, 0) is 0 Å². The minimum Gasteiger partial charge on any atom is -0.309 e. The number of nitrogens with zero attached hydrogens (tertiary/aromatic N) is 5. The molecule has 4 aromatic heterocycles. The van der Waals surface area contributed by atoms with Gasteiger partial charge in [-0.1, -0.05) is 152 Å². The lowest BCUT2D eigenvalue weighted by atomic mass is 10.0. The van der Waals surface area contributed by atoms with Gasteiger partial charge in [-0.25, -0.2) is 15.0 Å². The lowest BCUT2D eigenvalue weighted by Crippen LogP contribution is -2.00. The van der Waals surface area contributed by atoms with Gasteiger partial charge in [-0.3, -0.25) is 0 Å². The zero-order chi connectivity index (χ0) is 41.4. The molecule has 0 atom stereocenters. The third kappa shape index (κ3) is 5.66. The molecule has 0 radical (unpaired) electrons. The molecule has 0 spiro atoms. The Bertz CT molecular complexity index is 3850. The Hall–Kier alpha value is -8.19. The van der Waals surface area contributed by atoms with Crippen LogP contribution in [0.4, 0.5) is 0 Å². The largest absolute Gasteiger partial charge is 0.309 e. The van der Waals surface area contributed by atoms with Crippen molar-refractivity contribution < 1.29 is 0 Å². The number of para-hydroxylation sites is 3. The van der Waals surface area contributed by atoms with E-state index in [-0.39, 0.29) is 0 Å². The summed E-state index contributed by atoms with van der Waals surface area (Å²) in [6.45, 7) is 0. The van der Waals surface area contributed by atoms with E-state index in [2.05, 4.69) is 185 Å². The summed E-state index contributed by atoms with van der Waals surface area (Å²) >= 11 is 1.81. The molecular formula is C57H35N5S. The molecule has 0 fully saturated rings. The standard InChI is InChI=1S/C57H35N5S/c1-4-16-36(17-5-1)55-58-56(37-18-6-2-7-19-37)60-57(59-55)45-26-14-24-43-44-25-15-29-52(54(44)63-53(43)45)62-49-28-13-11-23-42(49)47-35-39(31-33-51(47)62)38-30-32-50-46(34-38)41-22-10-12-27-48(41)61(50)40-20-8-3-9-21-40/h1-35H. The molecule has 0 unspecified atom stereocenters. The highest BCUT2D eigenvalue weighted by molar-refractivity contribution is 7.26. The Morgan fingerprint density at radius 1 is 0.302 bits per heavy atom. The molecule has 0 saturated carbocycles. The predicted molar refractivity (Wildman–Crippen MR) is 263 cm³/mol. The minimum atomic E-state index is 0.654. The van der Waals surface area contributed by atoms with Crippen LogP contribution in [0.15, 0.2) is 212 Å². The number of hydrogen-bond donors (Lipinski definition) is 0. The van der Waals surface area contributed by atoms with Crippen molar-refractivity contribution in [1.82, 2.24) is 24.1 Å². The normalized spacial score (nSPS) is 11.8. The van der Waals surface area contributed by atoms with Crippen molar-refractivity contribution in [3.05, 3.63) is 212 Å². The van der Waals surface area contributed by atoms with Crippen LogP contribution in [0.3, 0.4) is 0 Å². The molecule has 9 aromatic carbocycles. The van der Waals surface area contributed by atoms with Gasteiger partial charge in [0.15, 0.2) is 17.5 Å². The van der Waals surface area contributed by atoms with Crippen molar-refractivity contribution in [3.63, 3.8) is 0 Å². The highest BCUT2D eigenvalue weighted by atomic mass is 32.1. The molecule has 0 amide bonds. The van der Waals surface area contributed by atoms with Crippen molar-refractivity contribution in [2.75, 3.05) is 0 Å². The summed E-state index contributed by atoms with van der Waals surface area (Å²) < 4.78 is 7.19. The molecule has 0 aliphatic rings. The van der Waals surface area contributed by atoms with Gasteiger partial charge in [-0.15, -0.1) is 11.3 Å². The van der Waals surface area contributed by atoms with Gasteiger partial charge in [0.2, 0.25) is 0 Å². The van der Waals surface area contributed by atoms with E-state index in [1.165, 1.54) is 70.2 Å². The molecule has 6 heteroatoms. The molecular weight excluding hydrogens is 787 g/mol. The fraction of sp³-hybridized carbons (Fsp3) is 0. The van der Waals surface area contributed by atoms with Crippen LogP contribution in [0.1, 0.15) is 0 Å². The second kappa shape index (κ2) is 14.2. The van der Waals surface area contributed by atoms with Crippen molar-refractivity contribution in [1.29, 1.82) is 0 Å². The molecule has 294 valence electrons. The van der Waals surface area contributed by atoms with Crippen molar-refractivity contribution in [3.8, 4) is 56.7 Å². The summed E-state index contributed by atoms with van der Waals surface area (Å²) in [5.41, 5.74) is 12.4. The van der Waals surface area contributed by atoms with Crippen molar-refractivity contribution >= 4 is 75.1 Å². The van der Waals surface area contributed by atoms with Gasteiger partial charge < -0.3 is 9.13 Å². The van der Waals surface area contributed by atoms with Crippen molar-refractivity contribution in [2.45, 2.75) is 0 Å². The Labute approximate surface area is 366 Å². The quantitative estimate of drug-likeness (QED) is 0.168. The second-order valence-electron chi connectivity index (χ2n) is 16.0. The van der Waals surface area contributed by atoms with E-state index >= 15 is 0 Å². The predicted octanol–water partition coefficient (Wildman–Crippen LogP) is 15.1. The van der Waals surface area contributed by atoms with Crippen LogP contribution in [0.25, 0.3) is 120 Å². The molecule has 13 aromatic rings. The first-order valence-corrected chi connectivity index (χ1v) is 22.0. The summed E-state index contributed by atoms with van der Waals surface area (Å²) in [6, 6.07) is 75.6. The number of thiophene rings is 1. The SMILES string of the molecule is c1ccc(-c2nc(-c3ccccc3)nc(-c3cccc4c3sc3c(-n5c6ccccc6c6cc(-c7ccc8c(c7)c7ccccc7n8-c7ccccc7)ccc65)cccc34)n2)cc1. The number of rotatable bonds is 6. The van der Waals surface area contributed by atoms with E-state index in [0.29, 0.717) is 17.5 Å². The third-order valence-corrected chi connectivity index (χ3v) is 13.7. The summed E-state index contributed by atoms with van der Waals surface area (Å²) in [4.78, 5) is 15.2. The molecule has 0 aliphatic heterocycles. The van der Waals surface area contributed by atoms with Crippen LogP contribution >= 0.6 is 11.3 Å². The highest BCUT2D eigenvalue weighted by Gasteiger charge is 2.21. The van der Waals surface area contributed by atoms with Gasteiger partial charge in [0.25, 0.3) is 0 Å². The fourth-order valence-corrected chi connectivity index (χ4v) is 10.8. The van der Waals surface area contributed by atoms with Crippen LogP contribution in [-0.4, -0.2) is 24.1 Å². The zero-order valence-corrected chi connectivity index (χ0v) is 34.7. The van der Waals surface area contributed by atoms with Gasteiger partial charge in [-0.05, 0) is 71.8 Å². The molecule has 0 aliphatic carbocycles. The number of hydrogen-bond acceptors (Lipinski definition) is 4. The summed E-state index contributed by atoms with van der Waals surface area (Å²) in [5.74, 6) is 1.97. The lowest BCUT2D eigenvalue weighted by molar-refractivity contribution is 1.08. The average Bonchev–Trinajstić information content (AvgIpc) is 4.02. The second-order valence-corrected chi connectivity index (χ2v) is 17.0. The molecule has 13 rings (SSSR count). The first kappa shape index (κ1) is 35.6. The van der Waals surface area contributed by atoms with E-state index in [1.54, 1.807) is 0 Å². The highest BCUT2D eigenvalue weighted by Crippen LogP contribution is 2.45. The first-order chi connectivity index (χ1) is 31.2. The third-order valence-electron chi connectivity index (χ3n) is 12.4. The van der Waals surface area contributed by atoms with Crippen LogP contribution in [0, 0.1) is 0 Å². The summed E-state index contributed by atoms with van der Waals surface area (Å²) in [6.07, 6.45) is 0. The number of fused-ring (bicyclic) bond motifs is 9. The Kier molecular flexibility index (Phi) is 8.01. The Morgan fingerprint density at radius 2 is 0.762 bits per heavy atom. The molecule has 0 bridgehead atoms. The monoisotopic (exact) mass is 821 g/mol. The van der Waals surface area contributed by atoms with E-state index in [9.17, 15) is 0 Å². The van der Waals surface area contributed by atoms with E-state index < -0.39 is 0 Å². The maximum absolute atomic E-state index is 5.13. The minimum absolute atomic E-state index is 0.654. The molecule has 4 heterocycles. The maximum Gasteiger partial charge on any atom is 0.165 e. The van der Waals surface area contributed by atoms with E-state index in [0.717, 1.165) is 32.8 Å². The van der Waals surface area contributed by atoms with Gasteiger partial charge in [0, 0.05) is 59.4 Å². The first-order valence-electron chi connectivity index (χ1n) is 21.2. The van der Waals surface area contributed by atoms with E-state index in [1.807, 2.05) is 47.7 Å². The zero-order valence-electron chi connectivity index (χ0n) is 33.9.